The second-order valence-corrected chi connectivity index (χ2v) is 5.96. The summed E-state index contributed by atoms with van der Waals surface area (Å²) < 4.78 is 0. The minimum absolute atomic E-state index is 0.504. The molecule has 0 heterocycles. The molecule has 0 aliphatic heterocycles. The monoisotopic (exact) mass is 232 g/mol. The number of aryl methyl sites for hydroxylation is 1. The summed E-state index contributed by atoms with van der Waals surface area (Å²) in [6.07, 6.45) is 9.45. The fourth-order valence-electron chi connectivity index (χ4n) is 2.28. The van der Waals surface area contributed by atoms with Gasteiger partial charge < -0.3 is 0 Å². The Morgan fingerprint density at radius 2 is 1.59 bits per heavy atom. The van der Waals surface area contributed by atoms with Gasteiger partial charge in [-0.1, -0.05) is 76.8 Å². The summed E-state index contributed by atoms with van der Waals surface area (Å²) in [5.74, 6) is 0. The van der Waals surface area contributed by atoms with E-state index in [0.717, 1.165) is 0 Å². The van der Waals surface area contributed by atoms with Crippen LogP contribution in [-0.4, -0.2) is 0 Å². The summed E-state index contributed by atoms with van der Waals surface area (Å²) in [5, 5.41) is 0. The summed E-state index contributed by atoms with van der Waals surface area (Å²) in [5.41, 5.74) is 1.98. The van der Waals surface area contributed by atoms with Crippen LogP contribution in [0.2, 0.25) is 0 Å². The quantitative estimate of drug-likeness (QED) is 0.511. The third-order valence-corrected chi connectivity index (χ3v) is 3.64. The van der Waals surface area contributed by atoms with E-state index < -0.39 is 0 Å². The second-order valence-electron chi connectivity index (χ2n) is 5.96. The van der Waals surface area contributed by atoms with Crippen LogP contribution in [0.4, 0.5) is 0 Å². The molecule has 0 N–H and O–H groups in total. The molecule has 1 aromatic rings. The van der Waals surface area contributed by atoms with Crippen LogP contribution >= 0.6 is 0 Å². The molecule has 0 saturated carbocycles. The standard InChI is InChI=1S/C17H28/c1-4-5-6-10-14-17(2,3)15-13-16-11-8-7-9-12-16/h7-9,11-12H,4-6,10,13-15H2,1-3H3. The van der Waals surface area contributed by atoms with Gasteiger partial charge in [0, 0.05) is 0 Å². The fraction of sp³-hybridized carbons (Fsp3) is 0.647. The number of unbranched alkanes of at least 4 members (excludes halogenated alkanes) is 3. The zero-order valence-corrected chi connectivity index (χ0v) is 11.8. The summed E-state index contributed by atoms with van der Waals surface area (Å²) in [4.78, 5) is 0. The van der Waals surface area contributed by atoms with Gasteiger partial charge in [-0.25, -0.2) is 0 Å². The minimum atomic E-state index is 0.504. The van der Waals surface area contributed by atoms with E-state index in [1.165, 1.54) is 50.5 Å². The predicted octanol–water partition coefficient (Wildman–Crippen LogP) is 5.62. The number of benzene rings is 1. The van der Waals surface area contributed by atoms with Crippen LogP contribution in [0.1, 0.15) is 64.9 Å². The smallest absolute Gasteiger partial charge is 0.0274 e. The first-order chi connectivity index (χ1) is 8.14. The van der Waals surface area contributed by atoms with Crippen molar-refractivity contribution in [2.45, 2.75) is 65.7 Å². The lowest BCUT2D eigenvalue weighted by molar-refractivity contribution is 0.295. The van der Waals surface area contributed by atoms with E-state index in [2.05, 4.69) is 51.1 Å². The van der Waals surface area contributed by atoms with Gasteiger partial charge in [0.2, 0.25) is 0 Å². The molecule has 17 heavy (non-hydrogen) atoms. The summed E-state index contributed by atoms with van der Waals surface area (Å²) in [6.45, 7) is 7.12. The molecule has 1 rings (SSSR count). The van der Waals surface area contributed by atoms with Gasteiger partial charge >= 0.3 is 0 Å². The van der Waals surface area contributed by atoms with Crippen molar-refractivity contribution in [3.05, 3.63) is 35.9 Å². The molecule has 0 bridgehead atoms. The normalized spacial score (nSPS) is 11.7. The molecule has 0 fully saturated rings. The Morgan fingerprint density at radius 1 is 0.882 bits per heavy atom. The van der Waals surface area contributed by atoms with Gasteiger partial charge in [0.25, 0.3) is 0 Å². The molecular formula is C17H28. The van der Waals surface area contributed by atoms with Gasteiger partial charge in [0.05, 0.1) is 0 Å². The average molecular weight is 232 g/mol. The fourth-order valence-corrected chi connectivity index (χ4v) is 2.28. The van der Waals surface area contributed by atoms with E-state index in [-0.39, 0.29) is 0 Å². The highest BCUT2D eigenvalue weighted by molar-refractivity contribution is 5.14. The molecular weight excluding hydrogens is 204 g/mol. The SMILES string of the molecule is CCCCCCC(C)(C)CCc1ccccc1. The Balaban J connectivity index is 2.24. The van der Waals surface area contributed by atoms with Crippen molar-refractivity contribution in [2.75, 3.05) is 0 Å². The second kappa shape index (κ2) is 7.53. The maximum atomic E-state index is 2.42. The maximum absolute atomic E-state index is 2.42. The third-order valence-electron chi connectivity index (χ3n) is 3.64. The van der Waals surface area contributed by atoms with Crippen LogP contribution in [0.3, 0.4) is 0 Å². The van der Waals surface area contributed by atoms with Crippen molar-refractivity contribution in [3.63, 3.8) is 0 Å². The molecule has 0 saturated heterocycles. The van der Waals surface area contributed by atoms with Gasteiger partial charge in [-0.3, -0.25) is 0 Å². The lowest BCUT2D eigenvalue weighted by Crippen LogP contribution is -2.12. The van der Waals surface area contributed by atoms with Crippen LogP contribution in [0, 0.1) is 5.41 Å². The summed E-state index contributed by atoms with van der Waals surface area (Å²) >= 11 is 0. The molecule has 0 amide bonds. The van der Waals surface area contributed by atoms with Crippen LogP contribution in [0.25, 0.3) is 0 Å². The Kier molecular flexibility index (Phi) is 6.32. The Hall–Kier alpha value is -0.780. The molecule has 0 unspecified atom stereocenters. The highest BCUT2D eigenvalue weighted by atomic mass is 14.2. The molecule has 0 nitrogen and oxygen atoms in total. The van der Waals surface area contributed by atoms with E-state index in [1.807, 2.05) is 0 Å². The molecule has 1 aromatic carbocycles. The van der Waals surface area contributed by atoms with Crippen LogP contribution in [-0.2, 0) is 6.42 Å². The lowest BCUT2D eigenvalue weighted by Gasteiger charge is -2.24. The van der Waals surface area contributed by atoms with Crippen molar-refractivity contribution in [1.82, 2.24) is 0 Å². The van der Waals surface area contributed by atoms with E-state index >= 15 is 0 Å². The number of hydrogen-bond donors (Lipinski definition) is 0. The van der Waals surface area contributed by atoms with E-state index in [1.54, 1.807) is 0 Å². The zero-order chi connectivity index (χ0) is 12.6. The lowest BCUT2D eigenvalue weighted by atomic mass is 9.81. The zero-order valence-electron chi connectivity index (χ0n) is 11.8. The molecule has 0 radical (unpaired) electrons. The van der Waals surface area contributed by atoms with Gasteiger partial charge in [-0.15, -0.1) is 0 Å². The highest BCUT2D eigenvalue weighted by Gasteiger charge is 2.16. The largest absolute Gasteiger partial charge is 0.0654 e. The van der Waals surface area contributed by atoms with Crippen LogP contribution < -0.4 is 0 Å². The molecule has 0 atom stereocenters. The molecule has 96 valence electrons. The Bertz CT molecular complexity index is 284. The molecule has 0 aliphatic rings. The first-order valence-corrected chi connectivity index (χ1v) is 7.18. The van der Waals surface area contributed by atoms with E-state index in [9.17, 15) is 0 Å². The number of hydrogen-bond acceptors (Lipinski definition) is 0. The van der Waals surface area contributed by atoms with Crippen molar-refractivity contribution in [2.24, 2.45) is 5.41 Å². The summed E-state index contributed by atoms with van der Waals surface area (Å²) in [6, 6.07) is 10.9. The third kappa shape index (κ3) is 6.51. The van der Waals surface area contributed by atoms with Gasteiger partial charge in [0.15, 0.2) is 0 Å². The first-order valence-electron chi connectivity index (χ1n) is 7.18. The topological polar surface area (TPSA) is 0 Å². The first kappa shape index (κ1) is 14.3. The van der Waals surface area contributed by atoms with Gasteiger partial charge in [-0.2, -0.15) is 0 Å². The maximum Gasteiger partial charge on any atom is -0.0274 e. The van der Waals surface area contributed by atoms with E-state index in [4.69, 9.17) is 0 Å². The minimum Gasteiger partial charge on any atom is -0.0654 e. The van der Waals surface area contributed by atoms with Gasteiger partial charge in [-0.05, 0) is 30.2 Å². The molecule has 0 aliphatic carbocycles. The Labute approximate surface area is 107 Å². The molecule has 0 heteroatoms. The van der Waals surface area contributed by atoms with Crippen molar-refractivity contribution in [3.8, 4) is 0 Å². The highest BCUT2D eigenvalue weighted by Crippen LogP contribution is 2.29. The van der Waals surface area contributed by atoms with Gasteiger partial charge in [0.1, 0.15) is 0 Å². The molecule has 0 spiro atoms. The van der Waals surface area contributed by atoms with Crippen LogP contribution in [0.5, 0.6) is 0 Å². The van der Waals surface area contributed by atoms with Crippen molar-refractivity contribution in [1.29, 1.82) is 0 Å². The van der Waals surface area contributed by atoms with Crippen molar-refractivity contribution >= 4 is 0 Å². The number of rotatable bonds is 8. The van der Waals surface area contributed by atoms with Crippen molar-refractivity contribution < 1.29 is 0 Å². The molecule has 0 aromatic heterocycles. The predicted molar refractivity (Wildman–Crippen MR) is 77.3 cm³/mol. The van der Waals surface area contributed by atoms with Crippen LogP contribution in [0.15, 0.2) is 30.3 Å². The average Bonchev–Trinajstić information content (AvgIpc) is 2.34. The summed E-state index contributed by atoms with van der Waals surface area (Å²) in [7, 11) is 0. The van der Waals surface area contributed by atoms with E-state index in [0.29, 0.717) is 5.41 Å². The Morgan fingerprint density at radius 3 is 2.24 bits per heavy atom.